The van der Waals surface area contributed by atoms with Gasteiger partial charge in [-0.3, -0.25) is 0 Å². The van der Waals surface area contributed by atoms with Gasteiger partial charge in [0.1, 0.15) is 10.0 Å². The normalized spacial score (nSPS) is 11.8. The number of rotatable bonds is 4. The maximum absolute atomic E-state index is 4.45. The summed E-state index contributed by atoms with van der Waals surface area (Å²) >= 11 is 4.96. The molecule has 3 heterocycles. The van der Waals surface area contributed by atoms with Gasteiger partial charge in [-0.1, -0.05) is 23.5 Å². The minimum absolute atomic E-state index is 0.978. The van der Waals surface area contributed by atoms with Gasteiger partial charge in [-0.2, -0.15) is 0 Å². The molecule has 3 aromatic heterocycles. The molecule has 2 nitrogen and oxygen atoms in total. The van der Waals surface area contributed by atoms with Crippen molar-refractivity contribution in [3.63, 3.8) is 0 Å². The van der Waals surface area contributed by atoms with Crippen LogP contribution in [0.3, 0.4) is 0 Å². The van der Waals surface area contributed by atoms with Crippen LogP contribution in [-0.4, -0.2) is 12.4 Å². The monoisotopic (exact) mass is 302 g/mol. The van der Waals surface area contributed by atoms with Crippen LogP contribution in [0, 0.1) is 0 Å². The van der Waals surface area contributed by atoms with Gasteiger partial charge in [0.15, 0.2) is 0 Å². The molecule has 0 N–H and O–H groups in total. The average molecular weight is 302 g/mol. The molecule has 0 aliphatic rings. The predicted molar refractivity (Wildman–Crippen MR) is 87.5 cm³/mol. The highest BCUT2D eigenvalue weighted by atomic mass is 32.1. The first-order chi connectivity index (χ1) is 9.40. The van der Waals surface area contributed by atoms with Crippen molar-refractivity contribution in [2.45, 2.75) is 0 Å². The van der Waals surface area contributed by atoms with E-state index in [4.69, 9.17) is 0 Å². The molecule has 0 atom stereocenters. The molecular formula is C14H10N2S3. The van der Waals surface area contributed by atoms with Crippen molar-refractivity contribution >= 4 is 56.4 Å². The molecule has 0 saturated heterocycles. The van der Waals surface area contributed by atoms with Crippen molar-refractivity contribution < 1.29 is 0 Å². The lowest BCUT2D eigenvalue weighted by Gasteiger charge is -1.85. The first kappa shape index (κ1) is 12.5. The van der Waals surface area contributed by atoms with Gasteiger partial charge in [0.25, 0.3) is 0 Å². The van der Waals surface area contributed by atoms with Gasteiger partial charge in [-0.25, -0.2) is 9.98 Å². The molecule has 0 unspecified atom stereocenters. The van der Waals surface area contributed by atoms with E-state index in [0.29, 0.717) is 0 Å². The number of thiophene rings is 3. The second-order valence-corrected chi connectivity index (χ2v) is 6.66. The zero-order valence-electron chi connectivity index (χ0n) is 9.89. The maximum Gasteiger partial charge on any atom is 0.118 e. The Balaban J connectivity index is 1.69. The van der Waals surface area contributed by atoms with E-state index in [2.05, 4.69) is 22.1 Å². The summed E-state index contributed by atoms with van der Waals surface area (Å²) in [6, 6.07) is 12.1. The van der Waals surface area contributed by atoms with Crippen LogP contribution in [-0.2, 0) is 0 Å². The second kappa shape index (κ2) is 6.06. The van der Waals surface area contributed by atoms with E-state index in [1.165, 1.54) is 0 Å². The highest BCUT2D eigenvalue weighted by Crippen LogP contribution is 2.31. The SMILES string of the molecule is C(=N\c1ccc(/N=C/c2cccs2)s1)/c1cccs1. The Kier molecular flexibility index (Phi) is 3.98. The molecule has 3 aromatic rings. The van der Waals surface area contributed by atoms with Crippen molar-refractivity contribution in [1.29, 1.82) is 0 Å². The van der Waals surface area contributed by atoms with Crippen LogP contribution in [0.15, 0.2) is 57.1 Å². The smallest absolute Gasteiger partial charge is 0.118 e. The third-order valence-corrected chi connectivity index (χ3v) is 4.82. The van der Waals surface area contributed by atoms with E-state index in [-0.39, 0.29) is 0 Å². The lowest BCUT2D eigenvalue weighted by atomic mass is 10.5. The lowest BCUT2D eigenvalue weighted by Crippen LogP contribution is -1.68. The Hall–Kier alpha value is -1.56. The van der Waals surface area contributed by atoms with Crippen molar-refractivity contribution in [2.75, 3.05) is 0 Å². The summed E-state index contributed by atoms with van der Waals surface area (Å²) in [4.78, 5) is 11.2. The number of hydrogen-bond acceptors (Lipinski definition) is 5. The summed E-state index contributed by atoms with van der Waals surface area (Å²) in [6.07, 6.45) is 3.78. The van der Waals surface area contributed by atoms with Crippen LogP contribution in [0.25, 0.3) is 0 Å². The van der Waals surface area contributed by atoms with Crippen LogP contribution in [0.1, 0.15) is 9.75 Å². The summed E-state index contributed by atoms with van der Waals surface area (Å²) in [5.41, 5.74) is 0. The van der Waals surface area contributed by atoms with Gasteiger partial charge in [0, 0.05) is 22.2 Å². The number of nitrogens with zero attached hydrogens (tertiary/aromatic N) is 2. The third-order valence-electron chi connectivity index (χ3n) is 2.30. The molecule has 0 amide bonds. The molecule has 3 rings (SSSR count). The third kappa shape index (κ3) is 3.47. The summed E-state index contributed by atoms with van der Waals surface area (Å²) in [7, 11) is 0. The lowest BCUT2D eigenvalue weighted by molar-refractivity contribution is 1.64. The molecular weight excluding hydrogens is 292 g/mol. The second-order valence-electron chi connectivity index (χ2n) is 3.66. The molecule has 0 spiro atoms. The Morgan fingerprint density at radius 3 is 1.68 bits per heavy atom. The Morgan fingerprint density at radius 1 is 0.737 bits per heavy atom. The van der Waals surface area contributed by atoms with Crippen molar-refractivity contribution in [3.8, 4) is 0 Å². The van der Waals surface area contributed by atoms with Gasteiger partial charge in [-0.15, -0.1) is 22.7 Å². The van der Waals surface area contributed by atoms with E-state index in [1.807, 2.05) is 47.5 Å². The Labute approximate surface area is 123 Å². The first-order valence-corrected chi connectivity index (χ1v) is 8.23. The van der Waals surface area contributed by atoms with Crippen LogP contribution in [0.4, 0.5) is 10.0 Å². The number of aliphatic imine (C=N–C) groups is 2. The molecule has 94 valence electrons. The van der Waals surface area contributed by atoms with E-state index < -0.39 is 0 Å². The minimum Gasteiger partial charge on any atom is -0.244 e. The zero-order valence-corrected chi connectivity index (χ0v) is 12.3. The van der Waals surface area contributed by atoms with Crippen LogP contribution in [0.2, 0.25) is 0 Å². The van der Waals surface area contributed by atoms with Crippen molar-refractivity contribution in [3.05, 3.63) is 56.9 Å². The number of hydrogen-bond donors (Lipinski definition) is 0. The molecule has 0 saturated carbocycles. The predicted octanol–water partition coefficient (Wildman–Crippen LogP) is 5.37. The molecule has 0 aliphatic heterocycles. The molecule has 0 aromatic carbocycles. The van der Waals surface area contributed by atoms with Gasteiger partial charge in [-0.05, 0) is 35.0 Å². The minimum atomic E-state index is 0.978. The van der Waals surface area contributed by atoms with Crippen LogP contribution >= 0.6 is 34.0 Å². The van der Waals surface area contributed by atoms with Crippen LogP contribution in [0.5, 0.6) is 0 Å². The summed E-state index contributed by atoms with van der Waals surface area (Å²) < 4.78 is 0. The highest BCUT2D eigenvalue weighted by Gasteiger charge is 1.96. The highest BCUT2D eigenvalue weighted by molar-refractivity contribution is 7.19. The van der Waals surface area contributed by atoms with Crippen molar-refractivity contribution in [2.24, 2.45) is 9.98 Å². The quantitative estimate of drug-likeness (QED) is 0.579. The van der Waals surface area contributed by atoms with Gasteiger partial charge in [0.2, 0.25) is 0 Å². The van der Waals surface area contributed by atoms with Crippen molar-refractivity contribution in [1.82, 2.24) is 0 Å². The van der Waals surface area contributed by atoms with E-state index in [0.717, 1.165) is 19.8 Å². The molecule has 0 bridgehead atoms. The standard InChI is InChI=1S/C14H10N2S3/c1-3-11(17-7-1)9-15-13-5-6-14(19-13)16-10-12-4-2-8-18-12/h1-10H/b15-9+,16-10+. The molecule has 5 heteroatoms. The molecule has 0 fully saturated rings. The van der Waals surface area contributed by atoms with Crippen LogP contribution < -0.4 is 0 Å². The average Bonchev–Trinajstić information content (AvgIpc) is 3.16. The Morgan fingerprint density at radius 2 is 1.26 bits per heavy atom. The first-order valence-electron chi connectivity index (χ1n) is 5.65. The molecule has 0 aliphatic carbocycles. The van der Waals surface area contributed by atoms with Gasteiger partial charge < -0.3 is 0 Å². The largest absolute Gasteiger partial charge is 0.244 e. The summed E-state index contributed by atoms with van der Waals surface area (Å²) in [5, 5.41) is 6.05. The zero-order chi connectivity index (χ0) is 12.9. The molecule has 19 heavy (non-hydrogen) atoms. The fourth-order valence-corrected chi connectivity index (χ4v) is 3.31. The summed E-state index contributed by atoms with van der Waals surface area (Å²) in [5.74, 6) is 0. The van der Waals surface area contributed by atoms with E-state index in [9.17, 15) is 0 Å². The summed E-state index contributed by atoms with van der Waals surface area (Å²) in [6.45, 7) is 0. The van der Waals surface area contributed by atoms with Gasteiger partial charge in [0.05, 0.1) is 0 Å². The fourth-order valence-electron chi connectivity index (χ4n) is 1.44. The van der Waals surface area contributed by atoms with Gasteiger partial charge >= 0.3 is 0 Å². The topological polar surface area (TPSA) is 24.7 Å². The van der Waals surface area contributed by atoms with E-state index in [1.54, 1.807) is 34.0 Å². The Bertz CT molecular complexity index is 617. The fraction of sp³-hybridized carbons (Fsp3) is 0. The van der Waals surface area contributed by atoms with E-state index >= 15 is 0 Å². The molecule has 0 radical (unpaired) electrons. The maximum atomic E-state index is 4.45.